The quantitative estimate of drug-likeness (QED) is 0.582. The second-order valence-electron chi connectivity index (χ2n) is 3.37. The van der Waals surface area contributed by atoms with Crippen molar-refractivity contribution in [3.63, 3.8) is 0 Å². The number of hydrogen-bond acceptors (Lipinski definition) is 3. The fourth-order valence-electron chi connectivity index (χ4n) is 1.12. The van der Waals surface area contributed by atoms with E-state index in [-0.39, 0.29) is 5.91 Å². The van der Waals surface area contributed by atoms with Crippen LogP contribution < -0.4 is 5.32 Å². The van der Waals surface area contributed by atoms with Gasteiger partial charge in [-0.05, 0) is 19.9 Å². The van der Waals surface area contributed by atoms with Crippen LogP contribution in [0.1, 0.15) is 19.3 Å². The molecule has 1 amide bonds. The zero-order valence-electron chi connectivity index (χ0n) is 9.51. The van der Waals surface area contributed by atoms with E-state index in [1.165, 1.54) is 0 Å². The SMILES string of the molecule is CNCCN(C)C(=O)CCCCOC. The molecule has 0 aromatic heterocycles. The van der Waals surface area contributed by atoms with Gasteiger partial charge in [-0.3, -0.25) is 4.79 Å². The third-order valence-corrected chi connectivity index (χ3v) is 2.11. The highest BCUT2D eigenvalue weighted by Crippen LogP contribution is 1.99. The molecule has 0 aromatic rings. The van der Waals surface area contributed by atoms with Gasteiger partial charge < -0.3 is 15.0 Å². The van der Waals surface area contributed by atoms with Crippen LogP contribution in [0.15, 0.2) is 0 Å². The molecule has 0 fully saturated rings. The predicted molar refractivity (Wildman–Crippen MR) is 57.3 cm³/mol. The molecule has 0 spiro atoms. The van der Waals surface area contributed by atoms with E-state index in [0.717, 1.165) is 32.5 Å². The van der Waals surface area contributed by atoms with Gasteiger partial charge in [0.25, 0.3) is 0 Å². The van der Waals surface area contributed by atoms with Crippen LogP contribution in [0.4, 0.5) is 0 Å². The zero-order chi connectivity index (χ0) is 10.8. The van der Waals surface area contributed by atoms with Gasteiger partial charge in [0.1, 0.15) is 0 Å². The summed E-state index contributed by atoms with van der Waals surface area (Å²) < 4.78 is 4.91. The molecule has 0 bridgehead atoms. The minimum absolute atomic E-state index is 0.219. The molecule has 0 saturated heterocycles. The summed E-state index contributed by atoms with van der Waals surface area (Å²) in [6.07, 6.45) is 2.50. The monoisotopic (exact) mass is 202 g/mol. The first kappa shape index (κ1) is 13.4. The zero-order valence-corrected chi connectivity index (χ0v) is 9.51. The number of likely N-dealkylation sites (N-methyl/N-ethyl adjacent to an activating group) is 2. The predicted octanol–water partition coefficient (Wildman–Crippen LogP) is 0.481. The third kappa shape index (κ3) is 6.86. The molecule has 0 aliphatic carbocycles. The summed E-state index contributed by atoms with van der Waals surface area (Å²) in [5.74, 6) is 0.219. The van der Waals surface area contributed by atoms with Crippen molar-refractivity contribution in [1.82, 2.24) is 10.2 Å². The van der Waals surface area contributed by atoms with Crippen LogP contribution in [-0.4, -0.2) is 51.7 Å². The summed E-state index contributed by atoms with van der Waals surface area (Å²) in [4.78, 5) is 13.2. The number of hydrogen-bond donors (Lipinski definition) is 1. The highest BCUT2D eigenvalue weighted by molar-refractivity contribution is 5.75. The average Bonchev–Trinajstić information content (AvgIpc) is 2.20. The number of ether oxygens (including phenoxy) is 1. The normalized spacial score (nSPS) is 10.2. The van der Waals surface area contributed by atoms with Gasteiger partial charge in [-0.25, -0.2) is 0 Å². The minimum atomic E-state index is 0.219. The maximum absolute atomic E-state index is 11.5. The van der Waals surface area contributed by atoms with Crippen molar-refractivity contribution in [2.45, 2.75) is 19.3 Å². The molecule has 0 atom stereocenters. The van der Waals surface area contributed by atoms with Gasteiger partial charge in [0.05, 0.1) is 0 Å². The molecular formula is C10H22N2O2. The molecule has 0 aromatic carbocycles. The van der Waals surface area contributed by atoms with Gasteiger partial charge in [-0.1, -0.05) is 0 Å². The molecule has 0 unspecified atom stereocenters. The van der Waals surface area contributed by atoms with Crippen molar-refractivity contribution in [3.8, 4) is 0 Å². The maximum atomic E-state index is 11.5. The second-order valence-corrected chi connectivity index (χ2v) is 3.37. The standard InChI is InChI=1S/C10H22N2O2/c1-11-7-8-12(2)10(13)6-4-5-9-14-3/h11H,4-9H2,1-3H3. The lowest BCUT2D eigenvalue weighted by Crippen LogP contribution is -2.32. The number of carbonyl (C=O) groups excluding carboxylic acids is 1. The lowest BCUT2D eigenvalue weighted by molar-refractivity contribution is -0.130. The van der Waals surface area contributed by atoms with Crippen LogP contribution in [0.3, 0.4) is 0 Å². The Bertz CT molecular complexity index is 151. The van der Waals surface area contributed by atoms with Crippen molar-refractivity contribution in [2.24, 2.45) is 0 Å². The molecule has 0 radical (unpaired) electrons. The molecule has 0 aliphatic heterocycles. The van der Waals surface area contributed by atoms with E-state index in [1.807, 2.05) is 14.1 Å². The number of carbonyl (C=O) groups is 1. The summed E-state index contributed by atoms with van der Waals surface area (Å²) in [6, 6.07) is 0. The van der Waals surface area contributed by atoms with E-state index in [0.29, 0.717) is 6.42 Å². The molecule has 0 aliphatic rings. The number of amides is 1. The summed E-state index contributed by atoms with van der Waals surface area (Å²) in [7, 11) is 5.41. The average molecular weight is 202 g/mol. The fourth-order valence-corrected chi connectivity index (χ4v) is 1.12. The molecule has 0 saturated carbocycles. The Kier molecular flexibility index (Phi) is 8.57. The Morgan fingerprint density at radius 3 is 2.71 bits per heavy atom. The van der Waals surface area contributed by atoms with Gasteiger partial charge >= 0.3 is 0 Å². The van der Waals surface area contributed by atoms with Crippen LogP contribution in [0.2, 0.25) is 0 Å². The van der Waals surface area contributed by atoms with E-state index in [1.54, 1.807) is 12.0 Å². The molecular weight excluding hydrogens is 180 g/mol. The van der Waals surface area contributed by atoms with Gasteiger partial charge in [-0.15, -0.1) is 0 Å². The molecule has 14 heavy (non-hydrogen) atoms. The highest BCUT2D eigenvalue weighted by Gasteiger charge is 2.06. The van der Waals surface area contributed by atoms with Gasteiger partial charge in [0, 0.05) is 40.3 Å². The summed E-state index contributed by atoms with van der Waals surface area (Å²) in [5, 5.41) is 3.02. The lowest BCUT2D eigenvalue weighted by Gasteiger charge is -2.16. The van der Waals surface area contributed by atoms with Crippen molar-refractivity contribution in [3.05, 3.63) is 0 Å². The molecule has 0 heterocycles. The first-order valence-electron chi connectivity index (χ1n) is 5.10. The van der Waals surface area contributed by atoms with E-state index >= 15 is 0 Å². The first-order valence-corrected chi connectivity index (χ1v) is 5.10. The van der Waals surface area contributed by atoms with Crippen molar-refractivity contribution in [2.75, 3.05) is 40.9 Å². The number of rotatable bonds is 8. The lowest BCUT2D eigenvalue weighted by atomic mass is 10.2. The van der Waals surface area contributed by atoms with Crippen molar-refractivity contribution < 1.29 is 9.53 Å². The van der Waals surface area contributed by atoms with Crippen molar-refractivity contribution >= 4 is 5.91 Å². The number of nitrogens with one attached hydrogen (secondary N) is 1. The van der Waals surface area contributed by atoms with E-state index in [9.17, 15) is 4.79 Å². The minimum Gasteiger partial charge on any atom is -0.385 e. The largest absolute Gasteiger partial charge is 0.385 e. The van der Waals surface area contributed by atoms with Crippen LogP contribution in [0.25, 0.3) is 0 Å². The number of unbranched alkanes of at least 4 members (excludes halogenated alkanes) is 1. The smallest absolute Gasteiger partial charge is 0.222 e. The van der Waals surface area contributed by atoms with Crippen LogP contribution in [-0.2, 0) is 9.53 Å². The fraction of sp³-hybridized carbons (Fsp3) is 0.900. The van der Waals surface area contributed by atoms with Crippen molar-refractivity contribution in [1.29, 1.82) is 0 Å². The third-order valence-electron chi connectivity index (χ3n) is 2.11. The highest BCUT2D eigenvalue weighted by atomic mass is 16.5. The van der Waals surface area contributed by atoms with Gasteiger partial charge in [0.2, 0.25) is 5.91 Å². The van der Waals surface area contributed by atoms with Gasteiger partial charge in [0.15, 0.2) is 0 Å². The van der Waals surface area contributed by atoms with Crippen LogP contribution in [0.5, 0.6) is 0 Å². The molecule has 0 rings (SSSR count). The molecule has 84 valence electrons. The van der Waals surface area contributed by atoms with E-state index in [4.69, 9.17) is 4.74 Å². The number of nitrogens with zero attached hydrogens (tertiary/aromatic N) is 1. The Balaban J connectivity index is 3.42. The number of methoxy groups -OCH3 is 1. The van der Waals surface area contributed by atoms with E-state index in [2.05, 4.69) is 5.32 Å². The molecule has 1 N–H and O–H groups in total. The Labute approximate surface area is 86.6 Å². The van der Waals surface area contributed by atoms with Gasteiger partial charge in [-0.2, -0.15) is 0 Å². The van der Waals surface area contributed by atoms with E-state index < -0.39 is 0 Å². The second kappa shape index (κ2) is 8.97. The topological polar surface area (TPSA) is 41.6 Å². The first-order chi connectivity index (χ1) is 6.72. The summed E-state index contributed by atoms with van der Waals surface area (Å²) in [5.41, 5.74) is 0. The summed E-state index contributed by atoms with van der Waals surface area (Å²) >= 11 is 0. The maximum Gasteiger partial charge on any atom is 0.222 e. The van der Waals surface area contributed by atoms with Crippen LogP contribution >= 0.6 is 0 Å². The Morgan fingerprint density at radius 1 is 1.43 bits per heavy atom. The van der Waals surface area contributed by atoms with Crippen LogP contribution in [0, 0.1) is 0 Å². The Hall–Kier alpha value is -0.610. The summed E-state index contributed by atoms with van der Waals surface area (Å²) in [6.45, 7) is 2.37. The molecule has 4 nitrogen and oxygen atoms in total. The molecule has 4 heteroatoms. The Morgan fingerprint density at radius 2 is 2.14 bits per heavy atom.